The zero-order valence-corrected chi connectivity index (χ0v) is 13.5. The molecule has 2 amide bonds. The Labute approximate surface area is 135 Å². The summed E-state index contributed by atoms with van der Waals surface area (Å²) in [6.07, 6.45) is 1.09. The van der Waals surface area contributed by atoms with E-state index in [1.54, 1.807) is 11.8 Å². The SMILES string of the molecule is CCOC(=O)CNC(=O)C1CC(=O)N(c2ccc(CC)cc2)C1. The lowest BCUT2D eigenvalue weighted by Gasteiger charge is -2.17. The Morgan fingerprint density at radius 1 is 1.26 bits per heavy atom. The number of carbonyl (C=O) groups excluding carboxylic acids is 3. The highest BCUT2D eigenvalue weighted by Crippen LogP contribution is 2.25. The van der Waals surface area contributed by atoms with Gasteiger partial charge < -0.3 is 15.0 Å². The molecule has 0 spiro atoms. The number of ether oxygens (including phenoxy) is 1. The number of benzene rings is 1. The molecular formula is C17H22N2O4. The Balaban J connectivity index is 1.93. The number of anilines is 1. The lowest BCUT2D eigenvalue weighted by atomic mass is 10.1. The quantitative estimate of drug-likeness (QED) is 0.802. The van der Waals surface area contributed by atoms with E-state index in [4.69, 9.17) is 4.74 Å². The first-order valence-corrected chi connectivity index (χ1v) is 7.87. The smallest absolute Gasteiger partial charge is 0.325 e. The first kappa shape index (κ1) is 17.0. The van der Waals surface area contributed by atoms with Crippen LogP contribution in [0.1, 0.15) is 25.8 Å². The molecule has 0 bridgehead atoms. The van der Waals surface area contributed by atoms with Gasteiger partial charge in [0, 0.05) is 18.7 Å². The maximum atomic E-state index is 12.1. The van der Waals surface area contributed by atoms with Crippen molar-refractivity contribution in [2.24, 2.45) is 5.92 Å². The zero-order valence-electron chi connectivity index (χ0n) is 13.5. The molecule has 1 saturated heterocycles. The van der Waals surface area contributed by atoms with Crippen LogP contribution >= 0.6 is 0 Å². The third-order valence-corrected chi connectivity index (χ3v) is 3.86. The minimum atomic E-state index is -0.475. The molecule has 1 heterocycles. The minimum absolute atomic E-state index is 0.0782. The zero-order chi connectivity index (χ0) is 16.8. The van der Waals surface area contributed by atoms with Gasteiger partial charge in [-0.1, -0.05) is 19.1 Å². The highest BCUT2D eigenvalue weighted by molar-refractivity contribution is 6.00. The first-order valence-electron chi connectivity index (χ1n) is 7.87. The first-order chi connectivity index (χ1) is 11.0. The Kier molecular flexibility index (Phi) is 5.73. The van der Waals surface area contributed by atoms with E-state index in [1.807, 2.05) is 24.3 Å². The summed E-state index contributed by atoms with van der Waals surface area (Å²) in [6.45, 7) is 4.22. The number of rotatable bonds is 6. The highest BCUT2D eigenvalue weighted by atomic mass is 16.5. The Morgan fingerprint density at radius 3 is 2.57 bits per heavy atom. The summed E-state index contributed by atoms with van der Waals surface area (Å²) in [4.78, 5) is 37.1. The molecule has 1 N–H and O–H groups in total. The molecule has 1 fully saturated rings. The van der Waals surface area contributed by atoms with E-state index in [0.717, 1.165) is 12.1 Å². The van der Waals surface area contributed by atoms with Gasteiger partial charge in [0.15, 0.2) is 0 Å². The van der Waals surface area contributed by atoms with Gasteiger partial charge in [-0.25, -0.2) is 0 Å². The average Bonchev–Trinajstić information content (AvgIpc) is 2.95. The van der Waals surface area contributed by atoms with Gasteiger partial charge in [-0.2, -0.15) is 0 Å². The van der Waals surface area contributed by atoms with Crippen molar-refractivity contribution < 1.29 is 19.1 Å². The minimum Gasteiger partial charge on any atom is -0.465 e. The molecule has 6 heteroatoms. The Morgan fingerprint density at radius 2 is 1.96 bits per heavy atom. The van der Waals surface area contributed by atoms with E-state index < -0.39 is 11.9 Å². The van der Waals surface area contributed by atoms with Crippen LogP contribution in [-0.2, 0) is 25.5 Å². The van der Waals surface area contributed by atoms with E-state index in [0.29, 0.717) is 6.54 Å². The lowest BCUT2D eigenvalue weighted by Crippen LogP contribution is -2.36. The predicted octanol–water partition coefficient (Wildman–Crippen LogP) is 1.28. The second kappa shape index (κ2) is 7.76. The normalized spacial score (nSPS) is 17.2. The van der Waals surface area contributed by atoms with Crippen LogP contribution in [-0.4, -0.2) is 37.5 Å². The Bertz CT molecular complexity index is 583. The summed E-state index contributed by atoms with van der Waals surface area (Å²) >= 11 is 0. The third-order valence-electron chi connectivity index (χ3n) is 3.86. The van der Waals surface area contributed by atoms with Gasteiger partial charge in [-0.05, 0) is 31.0 Å². The standard InChI is InChI=1S/C17H22N2O4/c1-3-12-5-7-14(8-6-12)19-11-13(9-15(19)20)17(22)18-10-16(21)23-4-2/h5-8,13H,3-4,9-11H2,1-2H3,(H,18,22). The number of hydrogen-bond acceptors (Lipinski definition) is 4. The molecule has 1 aliphatic rings. The maximum Gasteiger partial charge on any atom is 0.325 e. The van der Waals surface area contributed by atoms with Gasteiger partial charge in [0.25, 0.3) is 0 Å². The van der Waals surface area contributed by atoms with Crippen LogP contribution < -0.4 is 10.2 Å². The van der Waals surface area contributed by atoms with E-state index in [-0.39, 0.29) is 31.4 Å². The van der Waals surface area contributed by atoms with E-state index in [9.17, 15) is 14.4 Å². The summed E-state index contributed by atoms with van der Waals surface area (Å²) in [5, 5.41) is 2.53. The van der Waals surface area contributed by atoms with Gasteiger partial charge in [0.1, 0.15) is 6.54 Å². The average molecular weight is 318 g/mol. The molecule has 0 aromatic heterocycles. The van der Waals surface area contributed by atoms with Crippen LogP contribution in [0.2, 0.25) is 0 Å². The van der Waals surface area contributed by atoms with Crippen molar-refractivity contribution >= 4 is 23.5 Å². The van der Waals surface area contributed by atoms with Crippen molar-refractivity contribution in [1.82, 2.24) is 5.32 Å². The van der Waals surface area contributed by atoms with Gasteiger partial charge in [-0.15, -0.1) is 0 Å². The summed E-state index contributed by atoms with van der Waals surface area (Å²) in [5.41, 5.74) is 2.00. The van der Waals surface area contributed by atoms with E-state index >= 15 is 0 Å². The van der Waals surface area contributed by atoms with Gasteiger partial charge in [-0.3, -0.25) is 14.4 Å². The fourth-order valence-corrected chi connectivity index (χ4v) is 2.56. The maximum absolute atomic E-state index is 12.1. The summed E-state index contributed by atoms with van der Waals surface area (Å²) in [7, 11) is 0. The fourth-order valence-electron chi connectivity index (χ4n) is 2.56. The number of carbonyl (C=O) groups is 3. The second-order valence-corrected chi connectivity index (χ2v) is 5.45. The predicted molar refractivity (Wildman–Crippen MR) is 85.9 cm³/mol. The van der Waals surface area contributed by atoms with Crippen molar-refractivity contribution in [3.8, 4) is 0 Å². The molecule has 1 aliphatic heterocycles. The number of nitrogens with one attached hydrogen (secondary N) is 1. The largest absolute Gasteiger partial charge is 0.465 e. The molecule has 0 saturated carbocycles. The molecule has 1 atom stereocenters. The second-order valence-electron chi connectivity index (χ2n) is 5.45. The summed E-state index contributed by atoms with van der Waals surface area (Å²) < 4.78 is 4.76. The van der Waals surface area contributed by atoms with Crippen molar-refractivity contribution in [2.75, 3.05) is 24.6 Å². The number of aryl methyl sites for hydroxylation is 1. The van der Waals surface area contributed by atoms with Gasteiger partial charge >= 0.3 is 5.97 Å². The molecule has 0 radical (unpaired) electrons. The summed E-state index contributed by atoms with van der Waals surface area (Å²) in [5.74, 6) is -1.29. The molecule has 1 aromatic rings. The molecule has 23 heavy (non-hydrogen) atoms. The Hall–Kier alpha value is -2.37. The van der Waals surface area contributed by atoms with Crippen LogP contribution in [0, 0.1) is 5.92 Å². The van der Waals surface area contributed by atoms with E-state index in [2.05, 4.69) is 12.2 Å². The van der Waals surface area contributed by atoms with Crippen molar-refractivity contribution in [3.05, 3.63) is 29.8 Å². The fraction of sp³-hybridized carbons (Fsp3) is 0.471. The number of nitrogens with zero attached hydrogens (tertiary/aromatic N) is 1. The summed E-state index contributed by atoms with van der Waals surface area (Å²) in [6, 6.07) is 7.76. The van der Waals surface area contributed by atoms with Crippen LogP contribution in [0.25, 0.3) is 0 Å². The van der Waals surface area contributed by atoms with Crippen LogP contribution in [0.5, 0.6) is 0 Å². The topological polar surface area (TPSA) is 75.7 Å². The van der Waals surface area contributed by atoms with Crippen LogP contribution in [0.4, 0.5) is 5.69 Å². The molecule has 124 valence electrons. The molecule has 6 nitrogen and oxygen atoms in total. The molecule has 1 unspecified atom stereocenters. The van der Waals surface area contributed by atoms with E-state index in [1.165, 1.54) is 5.56 Å². The van der Waals surface area contributed by atoms with Crippen molar-refractivity contribution in [3.63, 3.8) is 0 Å². The highest BCUT2D eigenvalue weighted by Gasteiger charge is 2.35. The van der Waals surface area contributed by atoms with Crippen LogP contribution in [0.3, 0.4) is 0 Å². The monoisotopic (exact) mass is 318 g/mol. The van der Waals surface area contributed by atoms with Crippen molar-refractivity contribution in [2.45, 2.75) is 26.7 Å². The molecule has 2 rings (SSSR count). The number of amides is 2. The number of hydrogen-bond donors (Lipinski definition) is 1. The third kappa shape index (κ3) is 4.31. The molecule has 1 aromatic carbocycles. The van der Waals surface area contributed by atoms with Crippen molar-refractivity contribution in [1.29, 1.82) is 0 Å². The lowest BCUT2D eigenvalue weighted by molar-refractivity contribution is -0.143. The van der Waals surface area contributed by atoms with Crippen LogP contribution in [0.15, 0.2) is 24.3 Å². The molecule has 0 aliphatic carbocycles. The van der Waals surface area contributed by atoms with Gasteiger partial charge in [0.2, 0.25) is 11.8 Å². The number of esters is 1. The molecular weight excluding hydrogens is 296 g/mol. The van der Waals surface area contributed by atoms with Gasteiger partial charge in [0.05, 0.1) is 12.5 Å².